The van der Waals surface area contributed by atoms with Crippen LogP contribution >= 0.6 is 0 Å². The predicted molar refractivity (Wildman–Crippen MR) is 142 cm³/mol. The molecule has 0 fully saturated rings. The van der Waals surface area contributed by atoms with E-state index in [0.29, 0.717) is 47.1 Å². The number of amides is 2. The van der Waals surface area contributed by atoms with Gasteiger partial charge in [0.15, 0.2) is 11.5 Å². The third-order valence-electron chi connectivity index (χ3n) is 5.32. The number of hydrogen-bond acceptors (Lipinski definition) is 6. The number of ether oxygens (including phenoxy) is 3. The number of carbonyl (C=O) groups excluding carboxylic acids is 3. The Morgan fingerprint density at radius 3 is 2.19 bits per heavy atom. The number of aryl methyl sites for hydroxylation is 1. The molecule has 0 unspecified atom stereocenters. The molecule has 0 bridgehead atoms. The van der Waals surface area contributed by atoms with Crippen molar-refractivity contribution >= 4 is 29.5 Å². The molecule has 0 saturated heterocycles. The molecule has 8 nitrogen and oxygen atoms in total. The Kier molecular flexibility index (Phi) is 9.43. The summed E-state index contributed by atoms with van der Waals surface area (Å²) in [5.74, 6) is -0.329. The second-order valence-corrected chi connectivity index (χ2v) is 7.92. The summed E-state index contributed by atoms with van der Waals surface area (Å²) in [4.78, 5) is 38.0. The summed E-state index contributed by atoms with van der Waals surface area (Å²) in [7, 11) is 1.30. The molecule has 2 amide bonds. The number of hydrogen-bond donors (Lipinski definition) is 2. The molecule has 0 spiro atoms. The Morgan fingerprint density at radius 2 is 1.54 bits per heavy atom. The highest BCUT2D eigenvalue weighted by Gasteiger charge is 2.17. The first-order valence-electron chi connectivity index (χ1n) is 11.8. The highest BCUT2D eigenvalue weighted by molar-refractivity contribution is 6.11. The van der Waals surface area contributed by atoms with Crippen molar-refractivity contribution in [3.63, 3.8) is 0 Å². The molecule has 0 aliphatic heterocycles. The van der Waals surface area contributed by atoms with E-state index in [2.05, 4.69) is 10.6 Å². The maximum Gasteiger partial charge on any atom is 0.337 e. The number of nitrogens with one attached hydrogen (secondary N) is 2. The summed E-state index contributed by atoms with van der Waals surface area (Å²) < 4.78 is 16.0. The summed E-state index contributed by atoms with van der Waals surface area (Å²) in [6, 6.07) is 18.6. The monoisotopic (exact) mass is 502 g/mol. The molecule has 3 aromatic carbocycles. The van der Waals surface area contributed by atoms with Gasteiger partial charge in [0.2, 0.25) is 0 Å². The predicted octanol–water partition coefficient (Wildman–Crippen LogP) is 4.99. The van der Waals surface area contributed by atoms with E-state index < -0.39 is 17.8 Å². The van der Waals surface area contributed by atoms with Crippen molar-refractivity contribution in [2.75, 3.05) is 25.6 Å². The first-order chi connectivity index (χ1) is 17.9. The topological polar surface area (TPSA) is 103 Å². The molecule has 2 N–H and O–H groups in total. The first-order valence-corrected chi connectivity index (χ1v) is 11.8. The van der Waals surface area contributed by atoms with Crippen LogP contribution < -0.4 is 20.1 Å². The number of benzene rings is 3. The minimum atomic E-state index is -0.542. The summed E-state index contributed by atoms with van der Waals surface area (Å²) in [5.41, 5.74) is 2.67. The lowest BCUT2D eigenvalue weighted by atomic mass is 10.1. The summed E-state index contributed by atoms with van der Waals surface area (Å²) in [6.45, 7) is 6.48. The van der Waals surface area contributed by atoms with Gasteiger partial charge in [-0.15, -0.1) is 0 Å². The number of anilines is 1. The van der Waals surface area contributed by atoms with Crippen molar-refractivity contribution in [2.24, 2.45) is 0 Å². The standard InChI is InChI=1S/C29H30N2O6/c1-5-36-25-16-11-20(18-26(25)37-6-2)17-24(31-27(32)23-10-8-7-9-19(23)3)28(33)30-22-14-12-21(13-15-22)29(34)35-4/h7-18H,5-6H2,1-4H3,(H,30,33)(H,31,32)/b24-17+. The van der Waals surface area contributed by atoms with Crippen LogP contribution in [0.25, 0.3) is 6.08 Å². The largest absolute Gasteiger partial charge is 0.490 e. The van der Waals surface area contributed by atoms with Gasteiger partial charge in [-0.05, 0) is 80.4 Å². The van der Waals surface area contributed by atoms with E-state index >= 15 is 0 Å². The van der Waals surface area contributed by atoms with Gasteiger partial charge in [-0.25, -0.2) is 4.79 Å². The van der Waals surface area contributed by atoms with Crippen LogP contribution in [0.1, 0.15) is 45.7 Å². The van der Waals surface area contributed by atoms with Crippen molar-refractivity contribution in [3.8, 4) is 11.5 Å². The zero-order valence-corrected chi connectivity index (χ0v) is 21.3. The minimum Gasteiger partial charge on any atom is -0.490 e. The van der Waals surface area contributed by atoms with Gasteiger partial charge in [0.1, 0.15) is 5.70 Å². The van der Waals surface area contributed by atoms with E-state index in [-0.39, 0.29) is 5.70 Å². The molecular formula is C29H30N2O6. The van der Waals surface area contributed by atoms with Crippen LogP contribution in [0.15, 0.2) is 72.4 Å². The van der Waals surface area contributed by atoms with Gasteiger partial charge in [0.05, 0.1) is 25.9 Å². The molecule has 0 heterocycles. The van der Waals surface area contributed by atoms with Gasteiger partial charge in [-0.1, -0.05) is 24.3 Å². The van der Waals surface area contributed by atoms with E-state index in [1.165, 1.54) is 19.2 Å². The Bertz CT molecular complexity index is 1300. The van der Waals surface area contributed by atoms with Gasteiger partial charge in [-0.2, -0.15) is 0 Å². The second-order valence-electron chi connectivity index (χ2n) is 7.92. The molecule has 0 radical (unpaired) electrons. The molecule has 37 heavy (non-hydrogen) atoms. The molecule has 3 rings (SSSR count). The highest BCUT2D eigenvalue weighted by atomic mass is 16.5. The van der Waals surface area contributed by atoms with Crippen LogP contribution in [0, 0.1) is 6.92 Å². The fourth-order valence-electron chi connectivity index (χ4n) is 3.51. The number of rotatable bonds is 10. The van der Waals surface area contributed by atoms with Crippen molar-refractivity contribution < 1.29 is 28.6 Å². The zero-order chi connectivity index (χ0) is 26.8. The molecule has 0 aromatic heterocycles. The average Bonchev–Trinajstić information content (AvgIpc) is 2.90. The zero-order valence-electron chi connectivity index (χ0n) is 21.3. The van der Waals surface area contributed by atoms with Gasteiger partial charge in [0.25, 0.3) is 11.8 Å². The van der Waals surface area contributed by atoms with Crippen LogP contribution in [0.4, 0.5) is 5.69 Å². The molecule has 0 aliphatic rings. The van der Waals surface area contributed by atoms with Crippen molar-refractivity contribution in [2.45, 2.75) is 20.8 Å². The molecule has 0 atom stereocenters. The van der Waals surface area contributed by atoms with E-state index in [0.717, 1.165) is 5.56 Å². The molecule has 3 aromatic rings. The highest BCUT2D eigenvalue weighted by Crippen LogP contribution is 2.29. The molecule has 0 aliphatic carbocycles. The number of esters is 1. The van der Waals surface area contributed by atoms with E-state index in [1.807, 2.05) is 32.9 Å². The van der Waals surface area contributed by atoms with Gasteiger partial charge in [0, 0.05) is 11.3 Å². The van der Waals surface area contributed by atoms with Crippen LogP contribution in [0.5, 0.6) is 11.5 Å². The van der Waals surface area contributed by atoms with Crippen molar-refractivity contribution in [3.05, 3.63) is 94.7 Å². The van der Waals surface area contributed by atoms with Crippen LogP contribution in [0.3, 0.4) is 0 Å². The molecule has 192 valence electrons. The first kappa shape index (κ1) is 27.0. The van der Waals surface area contributed by atoms with Crippen LogP contribution in [-0.4, -0.2) is 38.1 Å². The third kappa shape index (κ3) is 7.20. The fourth-order valence-corrected chi connectivity index (χ4v) is 3.51. The van der Waals surface area contributed by atoms with Gasteiger partial charge >= 0.3 is 5.97 Å². The van der Waals surface area contributed by atoms with Gasteiger partial charge < -0.3 is 24.8 Å². The SMILES string of the molecule is CCOc1ccc(/C=C(/NC(=O)c2ccccc2C)C(=O)Nc2ccc(C(=O)OC)cc2)cc1OCC. The fraction of sp³-hybridized carbons (Fsp3) is 0.207. The quantitative estimate of drug-likeness (QED) is 0.299. The summed E-state index contributed by atoms with van der Waals surface area (Å²) >= 11 is 0. The van der Waals surface area contributed by atoms with Crippen molar-refractivity contribution in [1.29, 1.82) is 0 Å². The second kappa shape index (κ2) is 12.9. The van der Waals surface area contributed by atoms with E-state index in [1.54, 1.807) is 48.5 Å². The maximum atomic E-state index is 13.3. The van der Waals surface area contributed by atoms with E-state index in [9.17, 15) is 14.4 Å². The average molecular weight is 503 g/mol. The smallest absolute Gasteiger partial charge is 0.337 e. The van der Waals surface area contributed by atoms with Crippen LogP contribution in [-0.2, 0) is 9.53 Å². The molecular weight excluding hydrogens is 472 g/mol. The third-order valence-corrected chi connectivity index (χ3v) is 5.32. The number of methoxy groups -OCH3 is 1. The van der Waals surface area contributed by atoms with Gasteiger partial charge in [-0.3, -0.25) is 9.59 Å². The normalized spacial score (nSPS) is 10.9. The lowest BCUT2D eigenvalue weighted by molar-refractivity contribution is -0.113. The molecule has 8 heteroatoms. The molecule has 0 saturated carbocycles. The summed E-state index contributed by atoms with van der Waals surface area (Å²) in [5, 5.41) is 5.50. The van der Waals surface area contributed by atoms with Crippen LogP contribution in [0.2, 0.25) is 0 Å². The Morgan fingerprint density at radius 1 is 0.865 bits per heavy atom. The Hall–Kier alpha value is -4.59. The Balaban J connectivity index is 1.94. The summed E-state index contributed by atoms with van der Waals surface area (Å²) in [6.07, 6.45) is 1.56. The maximum absolute atomic E-state index is 13.3. The lowest BCUT2D eigenvalue weighted by Gasteiger charge is -2.14. The van der Waals surface area contributed by atoms with Crippen molar-refractivity contribution in [1.82, 2.24) is 5.32 Å². The number of carbonyl (C=O) groups is 3. The lowest BCUT2D eigenvalue weighted by Crippen LogP contribution is -2.31. The minimum absolute atomic E-state index is 0.0249. The van der Waals surface area contributed by atoms with E-state index in [4.69, 9.17) is 14.2 Å². The Labute approximate surface area is 216 Å².